The molecule has 2 nitrogen and oxygen atoms in total. The van der Waals surface area contributed by atoms with Gasteiger partial charge in [0.25, 0.3) is 0 Å². The summed E-state index contributed by atoms with van der Waals surface area (Å²) in [4.78, 5) is 0. The van der Waals surface area contributed by atoms with Gasteiger partial charge in [0.05, 0.1) is 6.10 Å². The van der Waals surface area contributed by atoms with Crippen LogP contribution < -0.4 is 0 Å². The van der Waals surface area contributed by atoms with Crippen molar-refractivity contribution in [2.75, 3.05) is 0 Å². The van der Waals surface area contributed by atoms with Crippen LogP contribution in [0.3, 0.4) is 0 Å². The molecule has 13 heavy (non-hydrogen) atoms. The van der Waals surface area contributed by atoms with E-state index in [1.165, 1.54) is 0 Å². The number of hydrogen-bond acceptors (Lipinski definition) is 2. The highest BCUT2D eigenvalue weighted by Crippen LogP contribution is 2.27. The molecule has 0 saturated carbocycles. The summed E-state index contributed by atoms with van der Waals surface area (Å²) in [5.74, 6) is 0.581. The Balaban J connectivity index is 3.11. The second-order valence-electron chi connectivity index (χ2n) is 3.65. The quantitative estimate of drug-likeness (QED) is 0.734. The van der Waals surface area contributed by atoms with E-state index in [2.05, 4.69) is 13.8 Å². The van der Waals surface area contributed by atoms with Crippen molar-refractivity contribution in [3.8, 4) is 5.75 Å². The molecule has 0 spiro atoms. The van der Waals surface area contributed by atoms with E-state index in [0.29, 0.717) is 11.5 Å². The van der Waals surface area contributed by atoms with E-state index in [1.54, 1.807) is 13.0 Å². The second kappa shape index (κ2) is 3.79. The third kappa shape index (κ3) is 2.22. The molecule has 0 heterocycles. The van der Waals surface area contributed by atoms with E-state index >= 15 is 0 Å². The molecule has 0 aliphatic rings. The maximum atomic E-state index is 9.43. The average Bonchev–Trinajstić information content (AvgIpc) is 2.04. The molecule has 0 aliphatic heterocycles. The lowest BCUT2D eigenvalue weighted by Gasteiger charge is -2.11. The predicted octanol–water partition coefficient (Wildman–Crippen LogP) is 2.57. The highest BCUT2D eigenvalue weighted by Gasteiger charge is 2.09. The van der Waals surface area contributed by atoms with Crippen LogP contribution in [0, 0.1) is 0 Å². The fourth-order valence-electron chi connectivity index (χ4n) is 1.27. The molecule has 0 aromatic heterocycles. The van der Waals surface area contributed by atoms with Gasteiger partial charge in [0, 0.05) is 5.56 Å². The number of aromatic hydroxyl groups is 1. The summed E-state index contributed by atoms with van der Waals surface area (Å²) in [6, 6.07) is 5.37. The van der Waals surface area contributed by atoms with Crippen molar-refractivity contribution in [3.05, 3.63) is 29.3 Å². The van der Waals surface area contributed by atoms with Crippen molar-refractivity contribution >= 4 is 0 Å². The topological polar surface area (TPSA) is 40.5 Å². The van der Waals surface area contributed by atoms with Gasteiger partial charge in [-0.25, -0.2) is 0 Å². The number of benzene rings is 1. The molecule has 1 atom stereocenters. The van der Waals surface area contributed by atoms with Crippen LogP contribution in [-0.2, 0) is 0 Å². The zero-order chi connectivity index (χ0) is 10.0. The van der Waals surface area contributed by atoms with Crippen LogP contribution in [0.25, 0.3) is 0 Å². The fraction of sp³-hybridized carbons (Fsp3) is 0.455. The number of phenols is 1. The maximum Gasteiger partial charge on any atom is 0.121 e. The molecule has 2 heteroatoms. The van der Waals surface area contributed by atoms with Crippen LogP contribution in [0.5, 0.6) is 5.75 Å². The first kappa shape index (κ1) is 10.1. The molecule has 72 valence electrons. The number of rotatable bonds is 2. The van der Waals surface area contributed by atoms with Gasteiger partial charge in [-0.15, -0.1) is 0 Å². The minimum atomic E-state index is -0.612. The Hall–Kier alpha value is -1.02. The molecular formula is C11H16O2. The summed E-state index contributed by atoms with van der Waals surface area (Å²) in [6.07, 6.45) is -0.612. The molecule has 0 aliphatic carbocycles. The van der Waals surface area contributed by atoms with Crippen LogP contribution >= 0.6 is 0 Å². The van der Waals surface area contributed by atoms with E-state index in [4.69, 9.17) is 0 Å². The number of aliphatic hydroxyl groups excluding tert-OH is 1. The van der Waals surface area contributed by atoms with Crippen molar-refractivity contribution in [3.63, 3.8) is 0 Å². The first-order chi connectivity index (χ1) is 6.02. The molecule has 1 aromatic rings. The molecule has 0 bridgehead atoms. The molecular weight excluding hydrogens is 164 g/mol. The van der Waals surface area contributed by atoms with Crippen LogP contribution in [0.2, 0.25) is 0 Å². The highest BCUT2D eigenvalue weighted by atomic mass is 16.3. The standard InChI is InChI=1S/C11H16O2/c1-7(2)9-4-5-11(13)10(6-9)8(3)12/h4-8,12-13H,1-3H3. The van der Waals surface area contributed by atoms with E-state index in [0.717, 1.165) is 5.56 Å². The SMILES string of the molecule is CC(C)c1ccc(O)c(C(C)O)c1. The Morgan fingerprint density at radius 2 is 1.77 bits per heavy atom. The van der Waals surface area contributed by atoms with Gasteiger partial charge >= 0.3 is 0 Å². The van der Waals surface area contributed by atoms with Crippen molar-refractivity contribution in [1.82, 2.24) is 0 Å². The Labute approximate surface area is 78.8 Å². The summed E-state index contributed by atoms with van der Waals surface area (Å²) >= 11 is 0. The first-order valence-corrected chi connectivity index (χ1v) is 4.53. The van der Waals surface area contributed by atoms with E-state index in [1.807, 2.05) is 12.1 Å². The zero-order valence-electron chi connectivity index (χ0n) is 8.28. The molecule has 0 fully saturated rings. The fourth-order valence-corrected chi connectivity index (χ4v) is 1.27. The lowest BCUT2D eigenvalue weighted by molar-refractivity contribution is 0.195. The number of hydrogen-bond donors (Lipinski definition) is 2. The minimum Gasteiger partial charge on any atom is -0.508 e. The lowest BCUT2D eigenvalue weighted by atomic mass is 9.98. The third-order valence-electron chi connectivity index (χ3n) is 2.17. The predicted molar refractivity (Wildman–Crippen MR) is 52.8 cm³/mol. The molecule has 1 aromatic carbocycles. The molecule has 2 N–H and O–H groups in total. The summed E-state index contributed by atoms with van der Waals surface area (Å²) in [5.41, 5.74) is 1.74. The Morgan fingerprint density at radius 3 is 2.23 bits per heavy atom. The summed E-state index contributed by atoms with van der Waals surface area (Å²) in [6.45, 7) is 5.82. The van der Waals surface area contributed by atoms with Crippen molar-refractivity contribution in [2.24, 2.45) is 0 Å². The monoisotopic (exact) mass is 180 g/mol. The van der Waals surface area contributed by atoms with Gasteiger partial charge in [-0.3, -0.25) is 0 Å². The number of phenolic OH excluding ortho intramolecular Hbond substituents is 1. The van der Waals surface area contributed by atoms with E-state index in [-0.39, 0.29) is 5.75 Å². The van der Waals surface area contributed by atoms with E-state index in [9.17, 15) is 10.2 Å². The van der Waals surface area contributed by atoms with Gasteiger partial charge in [-0.05, 0) is 30.5 Å². The summed E-state index contributed by atoms with van der Waals surface area (Å²) in [7, 11) is 0. The van der Waals surface area contributed by atoms with Crippen molar-refractivity contribution in [1.29, 1.82) is 0 Å². The molecule has 0 saturated heterocycles. The summed E-state index contributed by atoms with van der Waals surface area (Å²) < 4.78 is 0. The van der Waals surface area contributed by atoms with Gasteiger partial charge in [0.2, 0.25) is 0 Å². The van der Waals surface area contributed by atoms with Gasteiger partial charge < -0.3 is 10.2 Å². The highest BCUT2D eigenvalue weighted by molar-refractivity contribution is 5.38. The van der Waals surface area contributed by atoms with Gasteiger partial charge in [0.1, 0.15) is 5.75 Å². The average molecular weight is 180 g/mol. The smallest absolute Gasteiger partial charge is 0.121 e. The molecule has 1 unspecified atom stereocenters. The Bertz CT molecular complexity index is 290. The largest absolute Gasteiger partial charge is 0.508 e. The van der Waals surface area contributed by atoms with E-state index < -0.39 is 6.10 Å². The molecule has 1 rings (SSSR count). The lowest BCUT2D eigenvalue weighted by Crippen LogP contribution is -1.95. The van der Waals surface area contributed by atoms with Crippen molar-refractivity contribution < 1.29 is 10.2 Å². The van der Waals surface area contributed by atoms with Crippen LogP contribution in [-0.4, -0.2) is 10.2 Å². The van der Waals surface area contributed by atoms with Gasteiger partial charge in [0.15, 0.2) is 0 Å². The number of aliphatic hydroxyl groups is 1. The molecule has 0 radical (unpaired) electrons. The molecule has 0 amide bonds. The normalized spacial score (nSPS) is 13.3. The first-order valence-electron chi connectivity index (χ1n) is 4.53. The Kier molecular flexibility index (Phi) is 2.94. The van der Waals surface area contributed by atoms with Crippen LogP contribution in [0.1, 0.15) is 43.9 Å². The minimum absolute atomic E-state index is 0.166. The van der Waals surface area contributed by atoms with Gasteiger partial charge in [-0.1, -0.05) is 19.9 Å². The Morgan fingerprint density at radius 1 is 1.15 bits per heavy atom. The second-order valence-corrected chi connectivity index (χ2v) is 3.65. The third-order valence-corrected chi connectivity index (χ3v) is 2.17. The van der Waals surface area contributed by atoms with Crippen LogP contribution in [0.15, 0.2) is 18.2 Å². The van der Waals surface area contributed by atoms with Gasteiger partial charge in [-0.2, -0.15) is 0 Å². The maximum absolute atomic E-state index is 9.43. The zero-order valence-corrected chi connectivity index (χ0v) is 8.28. The van der Waals surface area contributed by atoms with Crippen molar-refractivity contribution in [2.45, 2.75) is 32.8 Å². The van der Waals surface area contributed by atoms with Crippen LogP contribution in [0.4, 0.5) is 0 Å². The summed E-state index contributed by atoms with van der Waals surface area (Å²) in [5, 5.41) is 18.8.